The summed E-state index contributed by atoms with van der Waals surface area (Å²) in [7, 11) is -7.75. The molecule has 13 heteroatoms. The number of rotatable bonds is 8. The van der Waals surface area contributed by atoms with Gasteiger partial charge in [-0.15, -0.1) is 0 Å². The van der Waals surface area contributed by atoms with Gasteiger partial charge in [-0.2, -0.15) is 0 Å². The first-order valence-electron chi connectivity index (χ1n) is 9.47. The molecular weight excluding hydrogens is 545 g/mol. The molecule has 0 unspecified atom stereocenters. The normalized spacial score (nSPS) is 11.6. The molecule has 8 nitrogen and oxygen atoms in total. The molecule has 0 aromatic heterocycles. The largest absolute Gasteiger partial charge is 0.325 e. The Hall–Kier alpha value is -2.50. The van der Waals surface area contributed by atoms with Crippen LogP contribution in [0.15, 0.2) is 71.6 Å². The number of nitrogens with one attached hydrogen (secondary N) is 2. The highest BCUT2D eigenvalue weighted by atomic mass is 35.5. The van der Waals surface area contributed by atoms with E-state index in [1.807, 2.05) is 0 Å². The molecule has 3 rings (SSSR count). The highest BCUT2D eigenvalue weighted by Crippen LogP contribution is 2.35. The van der Waals surface area contributed by atoms with Crippen molar-refractivity contribution in [2.75, 3.05) is 27.1 Å². The number of nitrogens with zero attached hydrogens (tertiary/aromatic N) is 1. The van der Waals surface area contributed by atoms with Crippen LogP contribution in [0.5, 0.6) is 0 Å². The maximum Gasteiger partial charge on any atom is 0.261 e. The van der Waals surface area contributed by atoms with E-state index < -0.39 is 32.5 Å². The van der Waals surface area contributed by atoms with Gasteiger partial charge in [-0.1, -0.05) is 53.0 Å². The van der Waals surface area contributed by atoms with Crippen LogP contribution in [0.1, 0.15) is 0 Å². The summed E-state index contributed by atoms with van der Waals surface area (Å²) < 4.78 is 52.9. The molecule has 0 saturated carbocycles. The standard InChI is InChI=1S/C21H18Cl3N3O5S2/c1-33(29,30)27(20-12-18(23)17(22)11-19(20)24)13-21(28)25-14-7-9-16(10-8-14)34(31,32)26-15-5-3-2-4-6-15/h2-12,26H,13H2,1H3,(H,25,28). The van der Waals surface area contributed by atoms with Crippen molar-refractivity contribution in [1.82, 2.24) is 0 Å². The first-order chi connectivity index (χ1) is 15.9. The lowest BCUT2D eigenvalue weighted by Gasteiger charge is -2.23. The average molecular weight is 563 g/mol. The SMILES string of the molecule is CS(=O)(=O)N(CC(=O)Nc1ccc(S(=O)(=O)Nc2ccccc2)cc1)c1cc(Cl)c(Cl)cc1Cl. The van der Waals surface area contributed by atoms with Gasteiger partial charge in [0, 0.05) is 11.4 Å². The van der Waals surface area contributed by atoms with Gasteiger partial charge in [-0.25, -0.2) is 16.8 Å². The summed E-state index contributed by atoms with van der Waals surface area (Å²) in [4.78, 5) is 12.6. The van der Waals surface area contributed by atoms with Gasteiger partial charge >= 0.3 is 0 Å². The van der Waals surface area contributed by atoms with Crippen molar-refractivity contribution in [3.05, 3.63) is 81.8 Å². The van der Waals surface area contributed by atoms with Crippen molar-refractivity contribution in [2.45, 2.75) is 4.90 Å². The first kappa shape index (κ1) is 26.1. The van der Waals surface area contributed by atoms with Gasteiger partial charge in [0.2, 0.25) is 15.9 Å². The first-order valence-corrected chi connectivity index (χ1v) is 13.9. The monoisotopic (exact) mass is 561 g/mol. The number of benzene rings is 3. The van der Waals surface area contributed by atoms with Crippen LogP contribution in [0.2, 0.25) is 15.1 Å². The van der Waals surface area contributed by atoms with Crippen molar-refractivity contribution in [1.29, 1.82) is 0 Å². The summed E-state index contributed by atoms with van der Waals surface area (Å²) in [5.74, 6) is -0.689. The molecule has 0 aliphatic rings. The summed E-state index contributed by atoms with van der Waals surface area (Å²) in [6.45, 7) is -0.605. The number of anilines is 3. The number of carbonyl (C=O) groups excluding carboxylic acids is 1. The Morgan fingerprint density at radius 2 is 1.41 bits per heavy atom. The van der Waals surface area contributed by atoms with Gasteiger partial charge in [0.1, 0.15) is 6.54 Å². The summed E-state index contributed by atoms with van der Waals surface area (Å²) in [5, 5.41) is 2.71. The number of amides is 1. The Balaban J connectivity index is 1.75. The van der Waals surface area contributed by atoms with E-state index in [9.17, 15) is 21.6 Å². The van der Waals surface area contributed by atoms with Gasteiger partial charge in [0.15, 0.2) is 0 Å². The minimum Gasteiger partial charge on any atom is -0.325 e. The van der Waals surface area contributed by atoms with E-state index in [1.54, 1.807) is 30.3 Å². The van der Waals surface area contributed by atoms with Gasteiger partial charge in [0.05, 0.1) is 31.9 Å². The van der Waals surface area contributed by atoms with E-state index >= 15 is 0 Å². The molecule has 0 heterocycles. The second-order valence-electron chi connectivity index (χ2n) is 7.03. The fourth-order valence-electron chi connectivity index (χ4n) is 2.85. The fourth-order valence-corrected chi connectivity index (χ4v) is 5.46. The zero-order chi connectivity index (χ0) is 25.1. The molecule has 34 heavy (non-hydrogen) atoms. The third kappa shape index (κ3) is 6.55. The van der Waals surface area contributed by atoms with Gasteiger partial charge in [-0.05, 0) is 48.5 Å². The van der Waals surface area contributed by atoms with Gasteiger partial charge < -0.3 is 5.32 Å². The smallest absolute Gasteiger partial charge is 0.261 e. The second kappa shape index (κ2) is 10.4. The number of hydrogen-bond acceptors (Lipinski definition) is 5. The van der Waals surface area contributed by atoms with Crippen LogP contribution in [0.25, 0.3) is 0 Å². The van der Waals surface area contributed by atoms with Crippen molar-refractivity contribution < 1.29 is 21.6 Å². The van der Waals surface area contributed by atoms with Crippen LogP contribution >= 0.6 is 34.8 Å². The molecule has 3 aromatic rings. The lowest BCUT2D eigenvalue weighted by Crippen LogP contribution is -2.37. The van der Waals surface area contributed by atoms with E-state index in [2.05, 4.69) is 10.0 Å². The molecule has 0 aliphatic carbocycles. The summed E-state index contributed by atoms with van der Waals surface area (Å²) in [6, 6.07) is 16.3. The van der Waals surface area contributed by atoms with Crippen LogP contribution in [0.4, 0.5) is 17.1 Å². The molecule has 3 aromatic carbocycles. The average Bonchev–Trinajstić information content (AvgIpc) is 2.75. The van der Waals surface area contributed by atoms with E-state index in [0.29, 0.717) is 5.69 Å². The van der Waals surface area contributed by atoms with Crippen molar-refractivity contribution in [2.24, 2.45) is 0 Å². The van der Waals surface area contributed by atoms with Crippen molar-refractivity contribution in [3.63, 3.8) is 0 Å². The maximum absolute atomic E-state index is 12.6. The van der Waals surface area contributed by atoms with E-state index in [0.717, 1.165) is 10.6 Å². The van der Waals surface area contributed by atoms with Crippen LogP contribution in [0.3, 0.4) is 0 Å². The van der Waals surface area contributed by atoms with Gasteiger partial charge in [0.25, 0.3) is 10.0 Å². The predicted octanol–water partition coefficient (Wildman–Crippen LogP) is 4.85. The molecular formula is C21H18Cl3N3O5S2. The van der Waals surface area contributed by atoms with Crippen LogP contribution in [-0.2, 0) is 24.8 Å². The molecule has 0 spiro atoms. The van der Waals surface area contributed by atoms with Crippen LogP contribution < -0.4 is 14.3 Å². The summed E-state index contributed by atoms with van der Waals surface area (Å²) in [5.41, 5.74) is 0.654. The van der Waals surface area contributed by atoms with Crippen LogP contribution in [0, 0.1) is 0 Å². The van der Waals surface area contributed by atoms with E-state index in [-0.39, 0.29) is 31.3 Å². The minimum absolute atomic E-state index is 0.00639. The van der Waals surface area contributed by atoms with Gasteiger partial charge in [-0.3, -0.25) is 13.8 Å². The van der Waals surface area contributed by atoms with Crippen molar-refractivity contribution >= 4 is 77.8 Å². The zero-order valence-corrected chi connectivity index (χ0v) is 21.4. The molecule has 180 valence electrons. The third-order valence-electron chi connectivity index (χ3n) is 4.42. The maximum atomic E-state index is 12.6. The molecule has 0 fully saturated rings. The molecule has 2 N–H and O–H groups in total. The predicted molar refractivity (Wildman–Crippen MR) is 136 cm³/mol. The Labute approximate surface area is 212 Å². The topological polar surface area (TPSA) is 113 Å². The Morgan fingerprint density at radius 1 is 0.824 bits per heavy atom. The van der Waals surface area contributed by atoms with E-state index in [1.165, 1.54) is 36.4 Å². The summed E-state index contributed by atoms with van der Waals surface area (Å²) in [6.07, 6.45) is 0.915. The molecule has 1 amide bonds. The Morgan fingerprint density at radius 3 is 2.00 bits per heavy atom. The number of sulfonamides is 2. The highest BCUT2D eigenvalue weighted by Gasteiger charge is 2.24. The summed E-state index contributed by atoms with van der Waals surface area (Å²) >= 11 is 18.0. The number of carbonyl (C=O) groups is 1. The molecule has 0 saturated heterocycles. The highest BCUT2D eigenvalue weighted by molar-refractivity contribution is 7.92. The van der Waals surface area contributed by atoms with E-state index in [4.69, 9.17) is 34.8 Å². The lowest BCUT2D eigenvalue weighted by atomic mass is 10.3. The number of para-hydroxylation sites is 1. The van der Waals surface area contributed by atoms with Crippen LogP contribution in [-0.4, -0.2) is 35.5 Å². The number of halogens is 3. The molecule has 0 bridgehead atoms. The molecule has 0 aliphatic heterocycles. The second-order valence-corrected chi connectivity index (χ2v) is 11.8. The number of hydrogen-bond donors (Lipinski definition) is 2. The van der Waals surface area contributed by atoms with Crippen molar-refractivity contribution in [3.8, 4) is 0 Å². The zero-order valence-electron chi connectivity index (χ0n) is 17.5. The molecule has 0 radical (unpaired) electrons. The lowest BCUT2D eigenvalue weighted by molar-refractivity contribution is -0.114. The Kier molecular flexibility index (Phi) is 7.99. The third-order valence-corrected chi connectivity index (χ3v) is 7.97. The minimum atomic E-state index is -3.91. The fraction of sp³-hybridized carbons (Fsp3) is 0.0952. The quantitative estimate of drug-likeness (QED) is 0.381. The Bertz CT molecular complexity index is 1420. The molecule has 0 atom stereocenters.